The third-order valence-electron chi connectivity index (χ3n) is 4.46. The maximum absolute atomic E-state index is 12.8. The molecule has 1 unspecified atom stereocenters. The van der Waals surface area contributed by atoms with Crippen LogP contribution in [-0.4, -0.2) is 42.0 Å². The van der Waals surface area contributed by atoms with E-state index in [-0.39, 0.29) is 42.9 Å². The molecule has 0 aliphatic rings. The van der Waals surface area contributed by atoms with Gasteiger partial charge in [0, 0.05) is 25.1 Å². The number of alkyl halides is 3. The Balaban J connectivity index is 0.00000512. The van der Waals surface area contributed by atoms with E-state index >= 15 is 0 Å². The van der Waals surface area contributed by atoms with E-state index in [4.69, 9.17) is 9.26 Å². The zero-order valence-electron chi connectivity index (χ0n) is 18.3. The van der Waals surface area contributed by atoms with E-state index in [1.165, 1.54) is 12.1 Å². The summed E-state index contributed by atoms with van der Waals surface area (Å²) in [7, 11) is 0. The molecule has 0 aliphatic carbocycles. The molecular formula is C21H30F3IN4O3. The number of rotatable bonds is 10. The number of aliphatic hydroxyl groups excluding tert-OH is 1. The van der Waals surface area contributed by atoms with Gasteiger partial charge in [-0.3, -0.25) is 0 Å². The Labute approximate surface area is 202 Å². The van der Waals surface area contributed by atoms with Crippen LogP contribution in [0.1, 0.15) is 43.4 Å². The van der Waals surface area contributed by atoms with Crippen LogP contribution in [0, 0.1) is 0 Å². The number of nitrogens with zero attached hydrogens (tertiary/aromatic N) is 2. The van der Waals surface area contributed by atoms with Crippen molar-refractivity contribution in [3.05, 3.63) is 46.8 Å². The summed E-state index contributed by atoms with van der Waals surface area (Å²) >= 11 is 0. The third-order valence-corrected chi connectivity index (χ3v) is 4.46. The average molecular weight is 570 g/mol. The molecule has 32 heavy (non-hydrogen) atoms. The van der Waals surface area contributed by atoms with Gasteiger partial charge in [0.2, 0.25) is 0 Å². The second-order valence-corrected chi connectivity index (χ2v) is 6.80. The lowest BCUT2D eigenvalue weighted by Crippen LogP contribution is -2.42. The zero-order valence-corrected chi connectivity index (χ0v) is 20.7. The topological polar surface area (TPSA) is 91.9 Å². The molecule has 3 N–H and O–H groups in total. The molecule has 11 heteroatoms. The normalized spacial score (nSPS) is 12.8. The highest BCUT2D eigenvalue weighted by atomic mass is 127. The fraction of sp³-hybridized carbons (Fsp3) is 0.524. The van der Waals surface area contributed by atoms with Crippen molar-refractivity contribution in [2.75, 3.05) is 19.7 Å². The fourth-order valence-electron chi connectivity index (χ4n) is 2.84. The van der Waals surface area contributed by atoms with Gasteiger partial charge < -0.3 is 25.0 Å². The van der Waals surface area contributed by atoms with E-state index in [0.29, 0.717) is 25.5 Å². The minimum absolute atomic E-state index is 0. The maximum atomic E-state index is 12.8. The van der Waals surface area contributed by atoms with Crippen LogP contribution in [0.3, 0.4) is 0 Å². The molecule has 2 aromatic rings. The van der Waals surface area contributed by atoms with E-state index < -0.39 is 17.8 Å². The van der Waals surface area contributed by atoms with E-state index in [9.17, 15) is 18.3 Å². The van der Waals surface area contributed by atoms with Gasteiger partial charge in [-0.1, -0.05) is 25.1 Å². The number of hydrogen-bond acceptors (Lipinski definition) is 5. The summed E-state index contributed by atoms with van der Waals surface area (Å²) in [5.74, 6) is 1.33. The van der Waals surface area contributed by atoms with Crippen molar-refractivity contribution in [2.45, 2.75) is 52.4 Å². The van der Waals surface area contributed by atoms with Crippen molar-refractivity contribution >= 4 is 29.9 Å². The molecule has 0 aliphatic heterocycles. The Bertz CT molecular complexity index is 838. The summed E-state index contributed by atoms with van der Waals surface area (Å²) in [5, 5.41) is 20.3. The second-order valence-electron chi connectivity index (χ2n) is 6.80. The van der Waals surface area contributed by atoms with Crippen molar-refractivity contribution in [1.82, 2.24) is 15.8 Å². The van der Waals surface area contributed by atoms with E-state index in [2.05, 4.69) is 20.8 Å². The smallest absolute Gasteiger partial charge is 0.416 e. The molecule has 0 fully saturated rings. The van der Waals surface area contributed by atoms with Gasteiger partial charge in [-0.25, -0.2) is 4.99 Å². The monoisotopic (exact) mass is 570 g/mol. The number of benzene rings is 1. The van der Waals surface area contributed by atoms with Gasteiger partial charge in [-0.2, -0.15) is 13.2 Å². The summed E-state index contributed by atoms with van der Waals surface area (Å²) in [4.78, 5) is 4.52. The summed E-state index contributed by atoms with van der Waals surface area (Å²) in [6, 6.07) is 4.55. The summed E-state index contributed by atoms with van der Waals surface area (Å²) in [5.41, 5.74) is 1.02. The van der Waals surface area contributed by atoms with Gasteiger partial charge in [-0.15, -0.1) is 24.0 Å². The summed E-state index contributed by atoms with van der Waals surface area (Å²) in [6.45, 7) is 6.83. The van der Waals surface area contributed by atoms with Gasteiger partial charge in [0.1, 0.15) is 24.2 Å². The number of nitrogens with one attached hydrogen (secondary N) is 2. The van der Waals surface area contributed by atoms with Crippen molar-refractivity contribution in [2.24, 2.45) is 4.99 Å². The van der Waals surface area contributed by atoms with Crippen molar-refractivity contribution in [1.29, 1.82) is 0 Å². The number of aliphatic imine (C=N–C) groups is 1. The first kappa shape index (κ1) is 28.0. The first-order valence-corrected chi connectivity index (χ1v) is 10.2. The van der Waals surface area contributed by atoms with Gasteiger partial charge in [0.25, 0.3) is 0 Å². The van der Waals surface area contributed by atoms with Gasteiger partial charge in [0.15, 0.2) is 5.96 Å². The van der Waals surface area contributed by atoms with E-state index in [1.807, 2.05) is 20.8 Å². The predicted octanol–water partition coefficient (Wildman–Crippen LogP) is 3.93. The quantitative estimate of drug-likeness (QED) is 0.228. The molecule has 0 amide bonds. The Morgan fingerprint density at radius 3 is 2.59 bits per heavy atom. The Kier molecular flexibility index (Phi) is 11.8. The van der Waals surface area contributed by atoms with Crippen LogP contribution in [0.5, 0.6) is 5.75 Å². The van der Waals surface area contributed by atoms with Crippen LogP contribution >= 0.6 is 24.0 Å². The fourth-order valence-corrected chi connectivity index (χ4v) is 2.84. The molecule has 0 saturated carbocycles. The summed E-state index contributed by atoms with van der Waals surface area (Å²) in [6.07, 6.45) is -3.94. The lowest BCUT2D eigenvalue weighted by Gasteiger charge is -2.16. The number of aromatic nitrogens is 1. The largest absolute Gasteiger partial charge is 0.491 e. The van der Waals surface area contributed by atoms with Gasteiger partial charge >= 0.3 is 6.18 Å². The molecule has 0 radical (unpaired) electrons. The second kappa shape index (κ2) is 13.5. The molecule has 180 valence electrons. The van der Waals surface area contributed by atoms with Crippen LogP contribution in [0.25, 0.3) is 0 Å². The SMILES string of the molecule is CCNC(=NCc1c(CC)noc1CC)NCC(O)COc1cccc(C(F)(F)F)c1.I. The number of aliphatic hydroxyl groups is 1. The number of aryl methyl sites for hydroxylation is 2. The Morgan fingerprint density at radius 1 is 1.22 bits per heavy atom. The van der Waals surface area contributed by atoms with Crippen LogP contribution in [0.2, 0.25) is 0 Å². The highest BCUT2D eigenvalue weighted by Crippen LogP contribution is 2.31. The van der Waals surface area contributed by atoms with Gasteiger partial charge in [-0.05, 0) is 31.5 Å². The van der Waals surface area contributed by atoms with Crippen LogP contribution in [0.15, 0.2) is 33.8 Å². The lowest BCUT2D eigenvalue weighted by atomic mass is 10.1. The van der Waals surface area contributed by atoms with Crippen molar-refractivity contribution < 1.29 is 27.5 Å². The van der Waals surface area contributed by atoms with Crippen LogP contribution < -0.4 is 15.4 Å². The van der Waals surface area contributed by atoms with Crippen molar-refractivity contribution in [3.8, 4) is 5.75 Å². The number of hydrogen-bond donors (Lipinski definition) is 3. The molecule has 1 aromatic heterocycles. The third kappa shape index (κ3) is 8.49. The van der Waals surface area contributed by atoms with Crippen LogP contribution in [-0.2, 0) is 25.6 Å². The molecule has 0 spiro atoms. The zero-order chi connectivity index (χ0) is 22.9. The van der Waals surface area contributed by atoms with E-state index in [1.54, 1.807) is 0 Å². The minimum atomic E-state index is -4.45. The van der Waals surface area contributed by atoms with Gasteiger partial charge in [0.05, 0.1) is 17.8 Å². The standard InChI is InChI=1S/C21H29F3N4O3.HI/c1-4-18-17(19(5-2)31-28-18)12-27-20(25-6-3)26-11-15(29)13-30-16-9-7-8-14(10-16)21(22,23)24;/h7-10,15,29H,4-6,11-13H2,1-3H3,(H2,25,26,27);1H. The molecule has 0 bridgehead atoms. The first-order chi connectivity index (χ1) is 14.8. The highest BCUT2D eigenvalue weighted by molar-refractivity contribution is 14.0. The van der Waals surface area contributed by atoms with Crippen molar-refractivity contribution in [3.63, 3.8) is 0 Å². The van der Waals surface area contributed by atoms with Crippen LogP contribution in [0.4, 0.5) is 13.2 Å². The minimum Gasteiger partial charge on any atom is -0.491 e. The first-order valence-electron chi connectivity index (χ1n) is 10.2. The predicted molar refractivity (Wildman–Crippen MR) is 126 cm³/mol. The molecular weight excluding hydrogens is 540 g/mol. The molecule has 7 nitrogen and oxygen atoms in total. The number of guanidine groups is 1. The van der Waals surface area contributed by atoms with E-state index in [0.717, 1.165) is 35.6 Å². The summed E-state index contributed by atoms with van der Waals surface area (Å²) < 4.78 is 49.0. The number of halogens is 4. The molecule has 1 aromatic carbocycles. The highest BCUT2D eigenvalue weighted by Gasteiger charge is 2.30. The Morgan fingerprint density at radius 2 is 1.97 bits per heavy atom. The average Bonchev–Trinajstić information content (AvgIpc) is 3.15. The molecule has 1 atom stereocenters. The lowest BCUT2D eigenvalue weighted by molar-refractivity contribution is -0.137. The molecule has 1 heterocycles. The maximum Gasteiger partial charge on any atom is 0.416 e. The Hall–Kier alpha value is -2.02. The number of ether oxygens (including phenoxy) is 1. The molecule has 2 rings (SSSR count). The molecule has 0 saturated heterocycles.